The first-order valence-electron chi connectivity index (χ1n) is 7.69. The van der Waals surface area contributed by atoms with Crippen molar-refractivity contribution < 1.29 is 13.5 Å². The molecule has 0 unspecified atom stereocenters. The summed E-state index contributed by atoms with van der Waals surface area (Å²) in [6, 6.07) is 6.78. The maximum absolute atomic E-state index is 13.5. The molecule has 0 spiro atoms. The molecule has 2 heterocycles. The molecule has 4 nitrogen and oxygen atoms in total. The number of hydrogen-bond donors (Lipinski definition) is 0. The Balaban J connectivity index is 1.43. The van der Waals surface area contributed by atoms with E-state index in [-0.39, 0.29) is 11.9 Å². The van der Waals surface area contributed by atoms with Crippen LogP contribution in [-0.4, -0.2) is 29.1 Å². The predicted molar refractivity (Wildman–Crippen MR) is 80.7 cm³/mol. The third-order valence-electron chi connectivity index (χ3n) is 3.99. The van der Waals surface area contributed by atoms with Crippen LogP contribution in [0.3, 0.4) is 0 Å². The van der Waals surface area contributed by atoms with Crippen molar-refractivity contribution >= 4 is 0 Å². The van der Waals surface area contributed by atoms with Crippen LogP contribution in [0.25, 0.3) is 0 Å². The van der Waals surface area contributed by atoms with Gasteiger partial charge in [-0.05, 0) is 25.8 Å². The van der Waals surface area contributed by atoms with Crippen LogP contribution in [0.2, 0.25) is 0 Å². The van der Waals surface area contributed by atoms with Gasteiger partial charge in [0.1, 0.15) is 11.6 Å². The number of piperidine rings is 1. The van der Waals surface area contributed by atoms with E-state index in [1.54, 1.807) is 18.3 Å². The van der Waals surface area contributed by atoms with Gasteiger partial charge in [0.25, 0.3) is 0 Å². The fourth-order valence-electron chi connectivity index (χ4n) is 2.72. The summed E-state index contributed by atoms with van der Waals surface area (Å²) in [4.78, 5) is 6.55. The number of nitrogens with zero attached hydrogens (tertiary/aromatic N) is 2. The topological polar surface area (TPSA) is 38.5 Å². The van der Waals surface area contributed by atoms with E-state index in [4.69, 9.17) is 9.15 Å². The molecular formula is C17H21FN2O2. The molecule has 0 saturated carbocycles. The van der Waals surface area contributed by atoms with Crippen LogP contribution >= 0.6 is 0 Å². The maximum atomic E-state index is 13.5. The number of hydrogen-bond acceptors (Lipinski definition) is 4. The van der Waals surface area contributed by atoms with Gasteiger partial charge in [0.2, 0.25) is 5.89 Å². The van der Waals surface area contributed by atoms with Crippen LogP contribution in [0.5, 0.6) is 0 Å². The van der Waals surface area contributed by atoms with Gasteiger partial charge in [-0.3, -0.25) is 4.90 Å². The SMILES string of the molecule is Cc1cnc(CN2CCC(OCc3ccccc3F)CC2)o1. The van der Waals surface area contributed by atoms with Crippen molar-refractivity contribution in [2.75, 3.05) is 13.1 Å². The van der Waals surface area contributed by atoms with Crippen LogP contribution < -0.4 is 0 Å². The summed E-state index contributed by atoms with van der Waals surface area (Å²) in [5, 5.41) is 0. The van der Waals surface area contributed by atoms with Crippen molar-refractivity contribution in [3.8, 4) is 0 Å². The van der Waals surface area contributed by atoms with Gasteiger partial charge < -0.3 is 9.15 Å². The van der Waals surface area contributed by atoms with Crippen LogP contribution in [0.4, 0.5) is 4.39 Å². The highest BCUT2D eigenvalue weighted by atomic mass is 19.1. The molecule has 22 heavy (non-hydrogen) atoms. The first-order valence-corrected chi connectivity index (χ1v) is 7.69. The Morgan fingerprint density at radius 2 is 2.09 bits per heavy atom. The Morgan fingerprint density at radius 1 is 1.32 bits per heavy atom. The van der Waals surface area contributed by atoms with Crippen LogP contribution in [0, 0.1) is 12.7 Å². The van der Waals surface area contributed by atoms with Crippen LogP contribution in [-0.2, 0) is 17.9 Å². The van der Waals surface area contributed by atoms with Crippen molar-refractivity contribution in [1.82, 2.24) is 9.88 Å². The summed E-state index contributed by atoms with van der Waals surface area (Å²) in [5.41, 5.74) is 0.625. The van der Waals surface area contributed by atoms with Gasteiger partial charge in [-0.2, -0.15) is 0 Å². The molecule has 0 atom stereocenters. The zero-order chi connectivity index (χ0) is 15.4. The van der Waals surface area contributed by atoms with E-state index in [2.05, 4.69) is 9.88 Å². The lowest BCUT2D eigenvalue weighted by Crippen LogP contribution is -2.36. The number of likely N-dealkylation sites (tertiary alicyclic amines) is 1. The molecule has 2 aromatic rings. The molecular weight excluding hydrogens is 283 g/mol. The molecule has 1 aliphatic rings. The first kappa shape index (κ1) is 15.2. The van der Waals surface area contributed by atoms with E-state index < -0.39 is 0 Å². The summed E-state index contributed by atoms with van der Waals surface area (Å²) in [7, 11) is 0. The lowest BCUT2D eigenvalue weighted by molar-refractivity contribution is -0.00629. The van der Waals surface area contributed by atoms with Gasteiger partial charge in [0.15, 0.2) is 0 Å². The van der Waals surface area contributed by atoms with Crippen molar-refractivity contribution in [3.63, 3.8) is 0 Å². The predicted octanol–water partition coefficient (Wildman–Crippen LogP) is 3.30. The Labute approximate surface area is 129 Å². The molecule has 0 radical (unpaired) electrons. The molecule has 1 saturated heterocycles. The van der Waals surface area contributed by atoms with Gasteiger partial charge >= 0.3 is 0 Å². The van der Waals surface area contributed by atoms with E-state index >= 15 is 0 Å². The van der Waals surface area contributed by atoms with E-state index in [0.29, 0.717) is 12.2 Å². The summed E-state index contributed by atoms with van der Waals surface area (Å²) in [6.45, 7) is 4.89. The third-order valence-corrected chi connectivity index (χ3v) is 3.99. The lowest BCUT2D eigenvalue weighted by atomic mass is 10.1. The number of ether oxygens (including phenoxy) is 1. The summed E-state index contributed by atoms with van der Waals surface area (Å²) >= 11 is 0. The number of aryl methyl sites for hydroxylation is 1. The van der Waals surface area contributed by atoms with E-state index in [0.717, 1.165) is 44.1 Å². The van der Waals surface area contributed by atoms with E-state index in [1.807, 2.05) is 13.0 Å². The molecule has 5 heteroatoms. The van der Waals surface area contributed by atoms with Crippen molar-refractivity contribution in [1.29, 1.82) is 0 Å². The molecule has 0 bridgehead atoms. The highest BCUT2D eigenvalue weighted by Gasteiger charge is 2.21. The zero-order valence-corrected chi connectivity index (χ0v) is 12.8. The number of rotatable bonds is 5. The van der Waals surface area contributed by atoms with Gasteiger partial charge in [-0.25, -0.2) is 9.37 Å². The minimum absolute atomic E-state index is 0.195. The highest BCUT2D eigenvalue weighted by Crippen LogP contribution is 2.18. The Bertz CT molecular complexity index is 606. The van der Waals surface area contributed by atoms with Gasteiger partial charge in [-0.15, -0.1) is 0 Å². The Hall–Kier alpha value is -1.72. The lowest BCUT2D eigenvalue weighted by Gasteiger charge is -2.31. The average molecular weight is 304 g/mol. The smallest absolute Gasteiger partial charge is 0.208 e. The van der Waals surface area contributed by atoms with Gasteiger partial charge in [0.05, 0.1) is 25.5 Å². The molecule has 118 valence electrons. The van der Waals surface area contributed by atoms with Gasteiger partial charge in [-0.1, -0.05) is 18.2 Å². The molecule has 3 rings (SSSR count). The van der Waals surface area contributed by atoms with Gasteiger partial charge in [0, 0.05) is 18.7 Å². The Morgan fingerprint density at radius 3 is 2.77 bits per heavy atom. The average Bonchev–Trinajstić information content (AvgIpc) is 2.93. The molecule has 1 aromatic carbocycles. The Kier molecular flexibility index (Phi) is 4.85. The molecule has 1 fully saturated rings. The second kappa shape index (κ2) is 7.03. The van der Waals surface area contributed by atoms with Crippen LogP contribution in [0.1, 0.15) is 30.1 Å². The number of oxazole rings is 1. The minimum atomic E-state index is -0.195. The first-order chi connectivity index (χ1) is 10.7. The largest absolute Gasteiger partial charge is 0.445 e. The summed E-state index contributed by atoms with van der Waals surface area (Å²) in [6.07, 6.45) is 3.85. The number of aromatic nitrogens is 1. The van der Waals surface area contributed by atoms with E-state index in [9.17, 15) is 4.39 Å². The number of benzene rings is 1. The minimum Gasteiger partial charge on any atom is -0.445 e. The van der Waals surface area contributed by atoms with Crippen molar-refractivity contribution in [3.05, 3.63) is 53.5 Å². The summed E-state index contributed by atoms with van der Waals surface area (Å²) in [5.74, 6) is 1.42. The van der Waals surface area contributed by atoms with E-state index in [1.165, 1.54) is 6.07 Å². The normalized spacial score (nSPS) is 17.0. The standard InChI is InChI=1S/C17H21FN2O2/c1-13-10-19-17(22-13)11-20-8-6-15(7-9-20)21-12-14-4-2-3-5-16(14)18/h2-5,10,15H,6-9,11-12H2,1H3. The number of halogens is 1. The molecule has 1 aromatic heterocycles. The quantitative estimate of drug-likeness (QED) is 0.849. The molecule has 0 aliphatic carbocycles. The fourth-order valence-corrected chi connectivity index (χ4v) is 2.72. The second-order valence-corrected chi connectivity index (χ2v) is 5.74. The van der Waals surface area contributed by atoms with Crippen LogP contribution in [0.15, 0.2) is 34.9 Å². The molecule has 0 amide bonds. The fraction of sp³-hybridized carbons (Fsp3) is 0.471. The maximum Gasteiger partial charge on any atom is 0.208 e. The monoisotopic (exact) mass is 304 g/mol. The zero-order valence-electron chi connectivity index (χ0n) is 12.8. The second-order valence-electron chi connectivity index (χ2n) is 5.74. The summed E-state index contributed by atoms with van der Waals surface area (Å²) < 4.78 is 24.9. The molecule has 1 aliphatic heterocycles. The highest BCUT2D eigenvalue weighted by molar-refractivity contribution is 5.16. The van der Waals surface area contributed by atoms with Crippen molar-refractivity contribution in [2.24, 2.45) is 0 Å². The van der Waals surface area contributed by atoms with Crippen molar-refractivity contribution in [2.45, 2.75) is 39.0 Å². The third kappa shape index (κ3) is 3.93. The molecule has 0 N–H and O–H groups in total.